The van der Waals surface area contributed by atoms with Gasteiger partial charge in [0, 0.05) is 13.2 Å². The van der Waals surface area contributed by atoms with Gasteiger partial charge in [0.25, 0.3) is 5.91 Å². The fourth-order valence-corrected chi connectivity index (χ4v) is 1.60. The molecule has 0 aliphatic carbocycles. The third kappa shape index (κ3) is 1.67. The molecule has 2 rings (SSSR count). The number of hydrogen-bond donors (Lipinski definition) is 1. The molecule has 82 valence electrons. The van der Waals surface area contributed by atoms with E-state index in [0.29, 0.717) is 17.0 Å². The molecular weight excluding hydrogens is 204 g/mol. The van der Waals surface area contributed by atoms with Crippen LogP contribution in [0, 0.1) is 6.92 Å². The van der Waals surface area contributed by atoms with Crippen LogP contribution in [-0.4, -0.2) is 20.7 Å². The molecule has 2 aromatic rings. The maximum Gasteiger partial charge on any atom is 0.267 e. The van der Waals surface area contributed by atoms with Gasteiger partial charge in [0.2, 0.25) is 0 Å². The molecule has 0 saturated heterocycles. The molecule has 2 heterocycles. The molecule has 0 atom stereocenters. The van der Waals surface area contributed by atoms with Crippen LogP contribution in [0.4, 0.5) is 0 Å². The van der Waals surface area contributed by atoms with Gasteiger partial charge in [-0.3, -0.25) is 14.5 Å². The van der Waals surface area contributed by atoms with Crippen molar-refractivity contribution in [3.63, 3.8) is 0 Å². The Labute approximate surface area is 92.9 Å². The molecule has 5 heteroatoms. The molecule has 0 unspecified atom stereocenters. The fraction of sp³-hybridized carbons (Fsp3) is 0.182. The maximum atomic E-state index is 11.3. The summed E-state index contributed by atoms with van der Waals surface area (Å²) in [5.74, 6) is -0.502. The number of nitrogens with two attached hydrogens (primary N) is 1. The highest BCUT2D eigenvalue weighted by molar-refractivity contribution is 5.97. The molecule has 0 aromatic carbocycles. The van der Waals surface area contributed by atoms with Gasteiger partial charge in [-0.25, -0.2) is 0 Å². The Morgan fingerprint density at radius 3 is 2.88 bits per heavy atom. The average molecular weight is 216 g/mol. The van der Waals surface area contributed by atoms with Crippen LogP contribution >= 0.6 is 0 Å². The van der Waals surface area contributed by atoms with Crippen LogP contribution in [0.25, 0.3) is 11.3 Å². The first kappa shape index (κ1) is 10.4. The quantitative estimate of drug-likeness (QED) is 0.810. The Kier molecular flexibility index (Phi) is 2.44. The van der Waals surface area contributed by atoms with Crippen LogP contribution in [0.1, 0.15) is 16.1 Å². The van der Waals surface area contributed by atoms with E-state index < -0.39 is 5.91 Å². The van der Waals surface area contributed by atoms with Crippen molar-refractivity contribution in [3.05, 3.63) is 35.8 Å². The van der Waals surface area contributed by atoms with E-state index in [2.05, 4.69) is 10.1 Å². The van der Waals surface area contributed by atoms with Crippen molar-refractivity contribution in [2.24, 2.45) is 12.8 Å². The van der Waals surface area contributed by atoms with E-state index in [1.807, 2.05) is 19.1 Å². The van der Waals surface area contributed by atoms with E-state index in [1.165, 1.54) is 4.68 Å². The molecule has 0 aliphatic heterocycles. The van der Waals surface area contributed by atoms with Gasteiger partial charge >= 0.3 is 0 Å². The summed E-state index contributed by atoms with van der Waals surface area (Å²) < 4.78 is 1.46. The number of aromatic nitrogens is 3. The summed E-state index contributed by atoms with van der Waals surface area (Å²) in [6.45, 7) is 1.96. The third-order valence-corrected chi connectivity index (χ3v) is 2.36. The molecule has 16 heavy (non-hydrogen) atoms. The second-order valence-electron chi connectivity index (χ2n) is 3.61. The van der Waals surface area contributed by atoms with Crippen LogP contribution in [0.15, 0.2) is 24.5 Å². The van der Waals surface area contributed by atoms with Crippen LogP contribution in [0.2, 0.25) is 0 Å². The van der Waals surface area contributed by atoms with Crippen LogP contribution in [0.5, 0.6) is 0 Å². The Morgan fingerprint density at radius 1 is 1.50 bits per heavy atom. The van der Waals surface area contributed by atoms with Gasteiger partial charge in [-0.2, -0.15) is 5.10 Å². The number of carbonyl (C=O) groups is 1. The third-order valence-electron chi connectivity index (χ3n) is 2.36. The van der Waals surface area contributed by atoms with E-state index in [4.69, 9.17) is 5.73 Å². The zero-order chi connectivity index (χ0) is 11.7. The normalized spacial score (nSPS) is 10.4. The number of hydrogen-bond acceptors (Lipinski definition) is 3. The first-order valence-electron chi connectivity index (χ1n) is 4.84. The minimum absolute atomic E-state index is 0.373. The Balaban J connectivity index is 2.60. The van der Waals surface area contributed by atoms with E-state index in [-0.39, 0.29) is 0 Å². The molecule has 1 amide bonds. The molecule has 2 aromatic heterocycles. The summed E-state index contributed by atoms with van der Waals surface area (Å²) in [5.41, 5.74) is 8.13. The van der Waals surface area contributed by atoms with Gasteiger partial charge in [0.1, 0.15) is 5.69 Å². The van der Waals surface area contributed by atoms with E-state index >= 15 is 0 Å². The van der Waals surface area contributed by atoms with Gasteiger partial charge < -0.3 is 5.73 Å². The van der Waals surface area contributed by atoms with Crippen molar-refractivity contribution in [3.8, 4) is 11.3 Å². The highest BCUT2D eigenvalue weighted by Gasteiger charge is 2.16. The van der Waals surface area contributed by atoms with Gasteiger partial charge in [-0.15, -0.1) is 0 Å². The minimum atomic E-state index is -0.502. The molecule has 0 radical (unpaired) electrons. The van der Waals surface area contributed by atoms with E-state index in [0.717, 1.165) is 5.56 Å². The second-order valence-corrected chi connectivity index (χ2v) is 3.61. The SMILES string of the molecule is Cc1ccnc(-c2cnn(C)c2C(N)=O)c1. The van der Waals surface area contributed by atoms with Crippen LogP contribution in [0.3, 0.4) is 0 Å². The lowest BCUT2D eigenvalue weighted by Crippen LogP contribution is -2.16. The minimum Gasteiger partial charge on any atom is -0.364 e. The van der Waals surface area contributed by atoms with Gasteiger partial charge in [0.05, 0.1) is 17.5 Å². The highest BCUT2D eigenvalue weighted by atomic mass is 16.1. The van der Waals surface area contributed by atoms with E-state index in [1.54, 1.807) is 19.4 Å². The largest absolute Gasteiger partial charge is 0.364 e. The lowest BCUT2D eigenvalue weighted by Gasteiger charge is -2.02. The molecule has 0 aliphatic rings. The summed E-state index contributed by atoms with van der Waals surface area (Å²) in [6, 6.07) is 3.78. The molecular formula is C11H12N4O. The molecule has 0 bridgehead atoms. The van der Waals surface area contributed by atoms with Gasteiger partial charge in [-0.05, 0) is 24.6 Å². The maximum absolute atomic E-state index is 11.3. The summed E-state index contributed by atoms with van der Waals surface area (Å²) in [4.78, 5) is 15.5. The summed E-state index contributed by atoms with van der Waals surface area (Å²) >= 11 is 0. The number of carbonyl (C=O) groups excluding carboxylic acids is 1. The molecule has 0 saturated carbocycles. The van der Waals surface area contributed by atoms with Crippen molar-refractivity contribution >= 4 is 5.91 Å². The van der Waals surface area contributed by atoms with Crippen molar-refractivity contribution in [2.75, 3.05) is 0 Å². The zero-order valence-electron chi connectivity index (χ0n) is 9.14. The molecule has 0 fully saturated rings. The van der Waals surface area contributed by atoms with Crippen molar-refractivity contribution in [1.29, 1.82) is 0 Å². The predicted octanol–water partition coefficient (Wildman–Crippen LogP) is 0.889. The van der Waals surface area contributed by atoms with Crippen molar-refractivity contribution in [1.82, 2.24) is 14.8 Å². The molecule has 5 nitrogen and oxygen atoms in total. The predicted molar refractivity (Wildman–Crippen MR) is 59.7 cm³/mol. The lowest BCUT2D eigenvalue weighted by atomic mass is 10.1. The first-order chi connectivity index (χ1) is 7.59. The van der Waals surface area contributed by atoms with Crippen molar-refractivity contribution < 1.29 is 4.79 Å². The number of aryl methyl sites for hydroxylation is 2. The van der Waals surface area contributed by atoms with E-state index in [9.17, 15) is 4.79 Å². The van der Waals surface area contributed by atoms with Gasteiger partial charge in [-0.1, -0.05) is 0 Å². The Hall–Kier alpha value is -2.17. The van der Waals surface area contributed by atoms with Gasteiger partial charge in [0.15, 0.2) is 0 Å². The Morgan fingerprint density at radius 2 is 2.25 bits per heavy atom. The number of rotatable bonds is 2. The standard InChI is InChI=1S/C11H12N4O/c1-7-3-4-13-9(5-7)8-6-14-15(2)10(8)11(12)16/h3-6H,1-2H3,(H2,12,16). The number of pyridine rings is 1. The monoisotopic (exact) mass is 216 g/mol. The lowest BCUT2D eigenvalue weighted by molar-refractivity contribution is 0.0992. The topological polar surface area (TPSA) is 73.8 Å². The summed E-state index contributed by atoms with van der Waals surface area (Å²) in [5, 5.41) is 4.02. The smallest absolute Gasteiger partial charge is 0.267 e. The Bertz CT molecular complexity index is 545. The number of nitrogens with zero attached hydrogens (tertiary/aromatic N) is 3. The van der Waals surface area contributed by atoms with Crippen LogP contribution in [-0.2, 0) is 7.05 Å². The number of primary amides is 1. The summed E-state index contributed by atoms with van der Waals surface area (Å²) in [6.07, 6.45) is 3.30. The first-order valence-corrected chi connectivity index (χ1v) is 4.84. The second kappa shape index (κ2) is 3.77. The summed E-state index contributed by atoms with van der Waals surface area (Å²) in [7, 11) is 1.68. The molecule has 2 N–H and O–H groups in total. The van der Waals surface area contributed by atoms with Crippen LogP contribution < -0.4 is 5.73 Å². The zero-order valence-corrected chi connectivity index (χ0v) is 9.14. The molecule has 0 spiro atoms. The fourth-order valence-electron chi connectivity index (χ4n) is 1.60. The average Bonchev–Trinajstić information content (AvgIpc) is 2.60. The number of amides is 1. The highest BCUT2D eigenvalue weighted by Crippen LogP contribution is 2.21. The van der Waals surface area contributed by atoms with Crippen molar-refractivity contribution in [2.45, 2.75) is 6.92 Å².